The van der Waals surface area contributed by atoms with Crippen LogP contribution in [0.1, 0.15) is 30.5 Å². The molecule has 0 spiro atoms. The van der Waals surface area contributed by atoms with Crippen molar-refractivity contribution in [1.29, 1.82) is 0 Å². The van der Waals surface area contributed by atoms with Gasteiger partial charge in [0.25, 0.3) is 0 Å². The van der Waals surface area contributed by atoms with Gasteiger partial charge in [0.2, 0.25) is 0 Å². The molecule has 0 unspecified atom stereocenters. The molecule has 1 aliphatic rings. The van der Waals surface area contributed by atoms with E-state index < -0.39 is 0 Å². The first-order valence-corrected chi connectivity index (χ1v) is 5.23. The lowest BCUT2D eigenvalue weighted by atomic mass is 9.93. The minimum absolute atomic E-state index is 0.315. The second kappa shape index (κ2) is 4.11. The second-order valence-electron chi connectivity index (χ2n) is 3.72. The molecule has 1 heterocycles. The largest absolute Gasteiger partial charge is 0.372 e. The summed E-state index contributed by atoms with van der Waals surface area (Å²) in [5.41, 5.74) is 2.71. The van der Waals surface area contributed by atoms with Crippen molar-refractivity contribution in [2.24, 2.45) is 0 Å². The highest BCUT2D eigenvalue weighted by atomic mass is 16.5. The van der Waals surface area contributed by atoms with E-state index in [1.165, 1.54) is 11.1 Å². The Hall–Kier alpha value is -0.860. The van der Waals surface area contributed by atoms with Gasteiger partial charge in [0, 0.05) is 0 Å². The van der Waals surface area contributed by atoms with Crippen molar-refractivity contribution in [1.82, 2.24) is 5.32 Å². The van der Waals surface area contributed by atoms with E-state index in [1.807, 2.05) is 7.05 Å². The van der Waals surface area contributed by atoms with Crippen molar-refractivity contribution in [2.45, 2.75) is 32.1 Å². The molecule has 1 aliphatic heterocycles. The first kappa shape index (κ1) is 9.69. The molecule has 1 N–H and O–H groups in total. The highest BCUT2D eigenvalue weighted by molar-refractivity contribution is 5.31. The van der Waals surface area contributed by atoms with Crippen LogP contribution in [0.5, 0.6) is 0 Å². The Kier molecular flexibility index (Phi) is 2.85. The maximum Gasteiger partial charge on any atom is 0.0771 e. The Morgan fingerprint density at radius 2 is 2.21 bits per heavy atom. The third-order valence-electron chi connectivity index (χ3n) is 2.93. The van der Waals surface area contributed by atoms with E-state index in [0.29, 0.717) is 12.1 Å². The highest BCUT2D eigenvalue weighted by Crippen LogP contribution is 2.30. The molecular formula is C12H17NO. The molecule has 2 nitrogen and oxygen atoms in total. The van der Waals surface area contributed by atoms with Gasteiger partial charge < -0.3 is 10.1 Å². The zero-order valence-electron chi connectivity index (χ0n) is 8.79. The summed E-state index contributed by atoms with van der Waals surface area (Å²) in [6.45, 7) is 2.93. The van der Waals surface area contributed by atoms with Crippen LogP contribution >= 0.6 is 0 Å². The number of hydrogen-bond donors (Lipinski definition) is 1. The zero-order valence-corrected chi connectivity index (χ0v) is 8.79. The third-order valence-corrected chi connectivity index (χ3v) is 2.93. The van der Waals surface area contributed by atoms with Gasteiger partial charge in [-0.3, -0.25) is 0 Å². The summed E-state index contributed by atoms with van der Waals surface area (Å²) in [5.74, 6) is 0. The summed E-state index contributed by atoms with van der Waals surface area (Å²) in [5, 5.41) is 3.34. The van der Waals surface area contributed by atoms with E-state index in [4.69, 9.17) is 4.74 Å². The quantitative estimate of drug-likeness (QED) is 0.774. The van der Waals surface area contributed by atoms with Crippen LogP contribution in [-0.2, 0) is 11.3 Å². The van der Waals surface area contributed by atoms with E-state index >= 15 is 0 Å². The summed E-state index contributed by atoms with van der Waals surface area (Å²) < 4.78 is 5.79. The van der Waals surface area contributed by atoms with Gasteiger partial charge in [0.1, 0.15) is 0 Å². The summed E-state index contributed by atoms with van der Waals surface area (Å²) in [4.78, 5) is 0. The molecular weight excluding hydrogens is 174 g/mol. The molecule has 1 aromatic carbocycles. The van der Waals surface area contributed by atoms with Gasteiger partial charge in [-0.1, -0.05) is 31.2 Å². The number of likely N-dealkylation sites (N-methyl/N-ethyl adjacent to an activating group) is 1. The lowest BCUT2D eigenvalue weighted by Crippen LogP contribution is -2.35. The standard InChI is InChI=1S/C12H17NO/c1-3-11-12(13-2)10-7-5-4-6-9(10)8-14-11/h4-7,11-13H,3,8H2,1-2H3/t11-,12+/m1/s1. The second-order valence-corrected chi connectivity index (χ2v) is 3.72. The van der Waals surface area contributed by atoms with Crippen LogP contribution in [-0.4, -0.2) is 13.2 Å². The molecule has 76 valence electrons. The normalized spacial score (nSPS) is 25.9. The third kappa shape index (κ3) is 1.56. The van der Waals surface area contributed by atoms with Crippen molar-refractivity contribution in [3.05, 3.63) is 35.4 Å². The number of nitrogens with one attached hydrogen (secondary N) is 1. The van der Waals surface area contributed by atoms with E-state index in [1.54, 1.807) is 0 Å². The first-order chi connectivity index (χ1) is 6.86. The molecule has 0 saturated carbocycles. The van der Waals surface area contributed by atoms with Crippen LogP contribution in [0.2, 0.25) is 0 Å². The van der Waals surface area contributed by atoms with Gasteiger partial charge >= 0.3 is 0 Å². The van der Waals surface area contributed by atoms with Gasteiger partial charge in [-0.15, -0.1) is 0 Å². The Labute approximate surface area is 85.3 Å². The average molecular weight is 191 g/mol. The molecule has 0 bridgehead atoms. The van der Waals surface area contributed by atoms with Gasteiger partial charge in [-0.25, -0.2) is 0 Å². The molecule has 0 aromatic heterocycles. The van der Waals surface area contributed by atoms with Gasteiger partial charge in [0.05, 0.1) is 18.8 Å². The minimum Gasteiger partial charge on any atom is -0.372 e. The number of fused-ring (bicyclic) bond motifs is 1. The predicted molar refractivity (Wildman–Crippen MR) is 57.1 cm³/mol. The zero-order chi connectivity index (χ0) is 9.97. The van der Waals surface area contributed by atoms with Crippen LogP contribution in [0.25, 0.3) is 0 Å². The Balaban J connectivity index is 2.34. The smallest absolute Gasteiger partial charge is 0.0771 e. The molecule has 0 saturated heterocycles. The minimum atomic E-state index is 0.315. The Morgan fingerprint density at radius 1 is 1.43 bits per heavy atom. The van der Waals surface area contributed by atoms with E-state index in [-0.39, 0.29) is 0 Å². The monoisotopic (exact) mass is 191 g/mol. The molecule has 0 radical (unpaired) electrons. The van der Waals surface area contributed by atoms with E-state index in [0.717, 1.165) is 13.0 Å². The molecule has 0 amide bonds. The summed E-state index contributed by atoms with van der Waals surface area (Å²) in [6, 6.07) is 8.86. The lowest BCUT2D eigenvalue weighted by Gasteiger charge is -2.33. The molecule has 2 heteroatoms. The van der Waals surface area contributed by atoms with Crippen molar-refractivity contribution < 1.29 is 4.74 Å². The highest BCUT2D eigenvalue weighted by Gasteiger charge is 2.27. The fourth-order valence-corrected chi connectivity index (χ4v) is 2.16. The van der Waals surface area contributed by atoms with Crippen LogP contribution in [0.15, 0.2) is 24.3 Å². The average Bonchev–Trinajstić information content (AvgIpc) is 2.27. The van der Waals surface area contributed by atoms with Gasteiger partial charge in [-0.05, 0) is 24.6 Å². The summed E-state index contributed by atoms with van der Waals surface area (Å²) in [7, 11) is 2.00. The Bertz CT molecular complexity index is 311. The number of rotatable bonds is 2. The van der Waals surface area contributed by atoms with Gasteiger partial charge in [-0.2, -0.15) is 0 Å². The van der Waals surface area contributed by atoms with Crippen molar-refractivity contribution in [3.63, 3.8) is 0 Å². The van der Waals surface area contributed by atoms with Crippen LogP contribution in [0, 0.1) is 0 Å². The van der Waals surface area contributed by atoms with Crippen molar-refractivity contribution in [3.8, 4) is 0 Å². The van der Waals surface area contributed by atoms with Crippen LogP contribution in [0.3, 0.4) is 0 Å². The molecule has 1 aromatic rings. The van der Waals surface area contributed by atoms with E-state index in [9.17, 15) is 0 Å². The molecule has 14 heavy (non-hydrogen) atoms. The summed E-state index contributed by atoms with van der Waals surface area (Å²) >= 11 is 0. The van der Waals surface area contributed by atoms with E-state index in [2.05, 4.69) is 36.5 Å². The predicted octanol–water partition coefficient (Wildman–Crippen LogP) is 2.26. The SMILES string of the molecule is CC[C@H]1OCc2ccccc2[C@@H]1NC. The molecule has 0 aliphatic carbocycles. The molecule has 2 atom stereocenters. The lowest BCUT2D eigenvalue weighted by molar-refractivity contribution is -0.000905. The van der Waals surface area contributed by atoms with Crippen molar-refractivity contribution in [2.75, 3.05) is 7.05 Å². The van der Waals surface area contributed by atoms with Crippen molar-refractivity contribution >= 4 is 0 Å². The maximum absolute atomic E-state index is 5.79. The maximum atomic E-state index is 5.79. The van der Waals surface area contributed by atoms with Crippen LogP contribution < -0.4 is 5.32 Å². The Morgan fingerprint density at radius 3 is 2.93 bits per heavy atom. The topological polar surface area (TPSA) is 21.3 Å². The molecule has 0 fully saturated rings. The van der Waals surface area contributed by atoms with Gasteiger partial charge in [0.15, 0.2) is 0 Å². The first-order valence-electron chi connectivity index (χ1n) is 5.23. The number of ether oxygens (including phenoxy) is 1. The fourth-order valence-electron chi connectivity index (χ4n) is 2.16. The number of benzene rings is 1. The number of hydrogen-bond acceptors (Lipinski definition) is 2. The molecule has 2 rings (SSSR count). The van der Waals surface area contributed by atoms with Crippen LogP contribution in [0.4, 0.5) is 0 Å². The summed E-state index contributed by atoms with van der Waals surface area (Å²) in [6.07, 6.45) is 1.37. The fraction of sp³-hybridized carbons (Fsp3) is 0.500.